The summed E-state index contributed by atoms with van der Waals surface area (Å²) in [7, 11) is -8.19. The average molecular weight is 769 g/mol. The van der Waals surface area contributed by atoms with Gasteiger partial charge in [0.15, 0.2) is 0 Å². The van der Waals surface area contributed by atoms with E-state index in [2.05, 4.69) is 52.8 Å². The summed E-state index contributed by atoms with van der Waals surface area (Å²) in [5.41, 5.74) is 4.05. The predicted octanol–water partition coefficient (Wildman–Crippen LogP) is 10.1. The number of benzene rings is 4. The standard InChI is InChI=1S/C41H52O8S3/c1-39(2,3)37-23-13-31(27-29(37)11-9-25-51(42,43)44)41(7,8)32-14-24-38(30(28-32)12-10-26-52(45,46)47)48-33-15-19-35(20-16-33)50-36-21-17-34(18-22-36)49-40(4,5)6/h13-24,27-28H,9-12,25-26H2,1-8H3,(H,42,43,44)(H,45,46,47). The first-order valence-electron chi connectivity index (χ1n) is 17.4. The maximum atomic E-state index is 11.6. The SMILES string of the molecule is CC(C)(C)Oc1ccc(Sc2ccc(Oc3ccc(C(C)(C)c4ccc(C(C)(C)C)c(CCCS(=O)(=O)O)c4)cc3CCCS(=O)(=O)O)cc2)cc1. The fraction of sp³-hybridized carbons (Fsp3) is 0.415. The molecule has 2 N–H and O–H groups in total. The highest BCUT2D eigenvalue weighted by molar-refractivity contribution is 7.99. The molecule has 0 heterocycles. The summed E-state index contributed by atoms with van der Waals surface area (Å²) in [5, 5.41) is 0. The lowest BCUT2D eigenvalue weighted by atomic mass is 9.74. The van der Waals surface area contributed by atoms with Crippen molar-refractivity contribution in [2.45, 2.75) is 107 Å². The second-order valence-corrected chi connectivity index (χ2v) is 20.0. The van der Waals surface area contributed by atoms with Crippen LogP contribution in [-0.4, -0.2) is 43.0 Å². The minimum Gasteiger partial charge on any atom is -0.488 e. The Hall–Kier alpha value is -3.35. The van der Waals surface area contributed by atoms with Gasteiger partial charge in [-0.25, -0.2) is 0 Å². The zero-order chi connectivity index (χ0) is 38.5. The van der Waals surface area contributed by atoms with Crippen molar-refractivity contribution < 1.29 is 35.4 Å². The lowest BCUT2D eigenvalue weighted by molar-refractivity contribution is 0.131. The third kappa shape index (κ3) is 12.7. The molecule has 4 rings (SSSR count). The minimum atomic E-state index is -4.13. The lowest BCUT2D eigenvalue weighted by Gasteiger charge is -2.30. The Kier molecular flexibility index (Phi) is 13.0. The van der Waals surface area contributed by atoms with E-state index in [0.29, 0.717) is 30.8 Å². The van der Waals surface area contributed by atoms with Crippen molar-refractivity contribution in [3.8, 4) is 17.2 Å². The Balaban J connectivity index is 1.59. The largest absolute Gasteiger partial charge is 0.488 e. The van der Waals surface area contributed by atoms with Crippen LogP contribution in [0.3, 0.4) is 0 Å². The summed E-state index contributed by atoms with van der Waals surface area (Å²) >= 11 is 1.63. The summed E-state index contributed by atoms with van der Waals surface area (Å²) in [6.45, 7) is 16.6. The van der Waals surface area contributed by atoms with E-state index in [1.807, 2.05) is 87.5 Å². The normalized spacial score (nSPS) is 12.9. The molecule has 52 heavy (non-hydrogen) atoms. The van der Waals surface area contributed by atoms with Gasteiger partial charge < -0.3 is 9.47 Å². The number of aryl methyl sites for hydroxylation is 2. The molecule has 0 amide bonds. The van der Waals surface area contributed by atoms with Crippen molar-refractivity contribution in [3.05, 3.63) is 113 Å². The molecular formula is C41H52O8S3. The Morgan fingerprint density at radius 1 is 0.596 bits per heavy atom. The van der Waals surface area contributed by atoms with Crippen LogP contribution in [-0.2, 0) is 43.9 Å². The van der Waals surface area contributed by atoms with Crippen LogP contribution < -0.4 is 9.47 Å². The van der Waals surface area contributed by atoms with Gasteiger partial charge in [0, 0.05) is 15.2 Å². The van der Waals surface area contributed by atoms with Gasteiger partial charge in [-0.05, 0) is 134 Å². The van der Waals surface area contributed by atoms with Crippen molar-refractivity contribution in [2.75, 3.05) is 11.5 Å². The van der Waals surface area contributed by atoms with Gasteiger partial charge in [-0.1, -0.05) is 76.7 Å². The maximum absolute atomic E-state index is 11.6. The maximum Gasteiger partial charge on any atom is 0.264 e. The first-order valence-corrected chi connectivity index (χ1v) is 21.4. The summed E-state index contributed by atoms with van der Waals surface area (Å²) in [5.74, 6) is 1.38. The Morgan fingerprint density at radius 3 is 1.54 bits per heavy atom. The lowest BCUT2D eigenvalue weighted by Crippen LogP contribution is -2.22. The van der Waals surface area contributed by atoms with Gasteiger partial charge in [-0.2, -0.15) is 16.8 Å². The van der Waals surface area contributed by atoms with Crippen LogP contribution in [0.1, 0.15) is 96.0 Å². The molecule has 282 valence electrons. The van der Waals surface area contributed by atoms with Crippen LogP contribution >= 0.6 is 11.8 Å². The molecule has 0 saturated heterocycles. The van der Waals surface area contributed by atoms with Crippen LogP contribution in [0.5, 0.6) is 17.2 Å². The summed E-state index contributed by atoms with van der Waals surface area (Å²) in [4.78, 5) is 2.12. The van der Waals surface area contributed by atoms with Gasteiger partial charge in [0.2, 0.25) is 0 Å². The van der Waals surface area contributed by atoms with Gasteiger partial charge in [0.1, 0.15) is 22.8 Å². The highest BCUT2D eigenvalue weighted by Gasteiger charge is 2.27. The number of rotatable bonds is 15. The molecule has 0 saturated carbocycles. The van der Waals surface area contributed by atoms with E-state index >= 15 is 0 Å². The van der Waals surface area contributed by atoms with Gasteiger partial charge >= 0.3 is 0 Å². The average Bonchev–Trinajstić information content (AvgIpc) is 3.01. The van der Waals surface area contributed by atoms with Crippen molar-refractivity contribution >= 4 is 32.0 Å². The topological polar surface area (TPSA) is 127 Å². The molecular weight excluding hydrogens is 717 g/mol. The van der Waals surface area contributed by atoms with E-state index in [4.69, 9.17) is 9.47 Å². The smallest absolute Gasteiger partial charge is 0.264 e. The summed E-state index contributed by atoms with van der Waals surface area (Å²) in [6, 6.07) is 28.0. The molecule has 4 aromatic carbocycles. The second-order valence-electron chi connectivity index (χ2n) is 15.7. The van der Waals surface area contributed by atoms with Crippen LogP contribution in [0.15, 0.2) is 94.7 Å². The molecule has 0 bridgehead atoms. The first kappa shape index (κ1) is 41.4. The summed E-state index contributed by atoms with van der Waals surface area (Å²) < 4.78 is 77.1. The zero-order valence-electron chi connectivity index (χ0n) is 31.4. The Bertz CT molecular complexity index is 2040. The van der Waals surface area contributed by atoms with E-state index in [-0.39, 0.29) is 28.9 Å². The minimum absolute atomic E-state index is 0.168. The third-order valence-corrected chi connectivity index (χ3v) is 11.3. The first-order chi connectivity index (χ1) is 24.0. The molecule has 0 aliphatic carbocycles. The van der Waals surface area contributed by atoms with Gasteiger partial charge in [-0.3, -0.25) is 9.11 Å². The van der Waals surface area contributed by atoms with Crippen molar-refractivity contribution in [3.63, 3.8) is 0 Å². The van der Waals surface area contributed by atoms with Crippen molar-refractivity contribution in [1.29, 1.82) is 0 Å². The summed E-state index contributed by atoms with van der Waals surface area (Å²) in [6.07, 6.45) is 1.38. The van der Waals surface area contributed by atoms with Crippen LogP contribution in [0.2, 0.25) is 0 Å². The van der Waals surface area contributed by atoms with Crippen molar-refractivity contribution in [1.82, 2.24) is 0 Å². The molecule has 0 aromatic heterocycles. The van der Waals surface area contributed by atoms with E-state index in [9.17, 15) is 25.9 Å². The molecule has 0 aliphatic rings. The van der Waals surface area contributed by atoms with E-state index in [0.717, 1.165) is 43.4 Å². The molecule has 0 unspecified atom stereocenters. The molecule has 0 atom stereocenters. The quantitative estimate of drug-likeness (QED) is 0.114. The predicted molar refractivity (Wildman–Crippen MR) is 211 cm³/mol. The molecule has 8 nitrogen and oxygen atoms in total. The monoisotopic (exact) mass is 768 g/mol. The van der Waals surface area contributed by atoms with Gasteiger partial charge in [0.05, 0.1) is 11.5 Å². The molecule has 0 spiro atoms. The molecule has 0 fully saturated rings. The van der Waals surface area contributed by atoms with Gasteiger partial charge in [-0.15, -0.1) is 0 Å². The zero-order valence-corrected chi connectivity index (χ0v) is 33.8. The molecule has 0 aliphatic heterocycles. The number of hydrogen-bond acceptors (Lipinski definition) is 7. The molecule has 11 heteroatoms. The highest BCUT2D eigenvalue weighted by atomic mass is 32.2. The van der Waals surface area contributed by atoms with E-state index in [1.165, 1.54) is 0 Å². The molecule has 0 radical (unpaired) electrons. The Morgan fingerprint density at radius 2 is 1.06 bits per heavy atom. The van der Waals surface area contributed by atoms with E-state index in [1.54, 1.807) is 11.8 Å². The molecule has 4 aromatic rings. The number of ether oxygens (including phenoxy) is 2. The Labute approximate surface area is 314 Å². The van der Waals surface area contributed by atoms with Crippen LogP contribution in [0.25, 0.3) is 0 Å². The van der Waals surface area contributed by atoms with E-state index < -0.39 is 25.7 Å². The second kappa shape index (κ2) is 16.3. The van der Waals surface area contributed by atoms with Crippen molar-refractivity contribution in [2.24, 2.45) is 0 Å². The third-order valence-electron chi connectivity index (χ3n) is 8.65. The highest BCUT2D eigenvalue weighted by Crippen LogP contribution is 2.39. The fourth-order valence-corrected chi connectivity index (χ4v) is 7.84. The van der Waals surface area contributed by atoms with Crippen LogP contribution in [0, 0.1) is 0 Å². The van der Waals surface area contributed by atoms with Gasteiger partial charge in [0.25, 0.3) is 20.2 Å². The fourth-order valence-electron chi connectivity index (χ4n) is 6.01. The van der Waals surface area contributed by atoms with Crippen LogP contribution in [0.4, 0.5) is 0 Å². The number of hydrogen-bond donors (Lipinski definition) is 2.